The van der Waals surface area contributed by atoms with Gasteiger partial charge in [0.15, 0.2) is 0 Å². The Bertz CT molecular complexity index is 1040. The quantitative estimate of drug-likeness (QED) is 0.222. The van der Waals surface area contributed by atoms with Crippen molar-refractivity contribution in [3.05, 3.63) is 79.6 Å². The van der Waals surface area contributed by atoms with Gasteiger partial charge in [0.05, 0.1) is 20.0 Å². The third-order valence-electron chi connectivity index (χ3n) is 4.74. The lowest BCUT2D eigenvalue weighted by Crippen LogP contribution is -2.02. The highest BCUT2D eigenvalue weighted by atomic mass is 79.9. The lowest BCUT2D eigenvalue weighted by Gasteiger charge is -2.04. The minimum absolute atomic E-state index is 0.302. The molecule has 0 spiro atoms. The summed E-state index contributed by atoms with van der Waals surface area (Å²) in [6, 6.07) is 16.7. The Balaban J connectivity index is 1.25. The number of nitrogens with zero attached hydrogens (tertiary/aromatic N) is 2. The third-order valence-corrected chi connectivity index (χ3v) is 7.79. The summed E-state index contributed by atoms with van der Waals surface area (Å²) in [6.45, 7) is 0. The summed E-state index contributed by atoms with van der Waals surface area (Å²) < 4.78 is 2.05. The van der Waals surface area contributed by atoms with E-state index in [-0.39, 0.29) is 0 Å². The number of Topliss-reactive ketones (excluding diaryl/α,β-unsaturated/α-hetero) is 1. The summed E-state index contributed by atoms with van der Waals surface area (Å²) in [5, 5.41) is 2.00. The molecule has 0 fully saturated rings. The van der Waals surface area contributed by atoms with Gasteiger partial charge in [0, 0.05) is 24.0 Å². The fourth-order valence-corrected chi connectivity index (χ4v) is 5.52. The van der Waals surface area contributed by atoms with Crippen molar-refractivity contribution in [3.63, 3.8) is 0 Å². The average Bonchev–Trinajstić information content (AvgIpc) is 3.40. The third kappa shape index (κ3) is 5.72. The minimum Gasteiger partial charge on any atom is -0.300 e. The smallest absolute Gasteiger partial charge is 0.133 e. The van der Waals surface area contributed by atoms with Gasteiger partial charge in [-0.2, -0.15) is 0 Å². The normalized spacial score (nSPS) is 11.0. The molecule has 30 heavy (non-hydrogen) atoms. The van der Waals surface area contributed by atoms with Gasteiger partial charge in [-0.05, 0) is 55.8 Å². The number of benzene rings is 2. The van der Waals surface area contributed by atoms with Crippen molar-refractivity contribution in [1.29, 1.82) is 0 Å². The minimum atomic E-state index is 0.302. The lowest BCUT2D eigenvalue weighted by atomic mass is 10.0. The molecule has 0 aliphatic heterocycles. The summed E-state index contributed by atoms with van der Waals surface area (Å²) >= 11 is 10.1. The zero-order valence-corrected chi connectivity index (χ0v) is 20.8. The Morgan fingerprint density at radius 2 is 1.10 bits per heavy atom. The van der Waals surface area contributed by atoms with Crippen LogP contribution >= 0.6 is 54.5 Å². The van der Waals surface area contributed by atoms with Gasteiger partial charge in [0.25, 0.3) is 0 Å². The van der Waals surface area contributed by atoms with Crippen LogP contribution in [0.5, 0.6) is 0 Å². The Labute approximate surface area is 200 Å². The summed E-state index contributed by atoms with van der Waals surface area (Å²) in [5.41, 5.74) is 4.58. The van der Waals surface area contributed by atoms with Gasteiger partial charge in [0.2, 0.25) is 0 Å². The van der Waals surface area contributed by atoms with E-state index in [1.165, 1.54) is 11.1 Å². The van der Waals surface area contributed by atoms with Gasteiger partial charge in [-0.25, -0.2) is 9.97 Å². The molecule has 0 saturated carbocycles. The molecule has 0 saturated heterocycles. The molecular formula is C23H18Br2N2OS2. The number of rotatable bonds is 8. The van der Waals surface area contributed by atoms with Crippen LogP contribution < -0.4 is 0 Å². The van der Waals surface area contributed by atoms with Crippen LogP contribution in [0.15, 0.2) is 68.5 Å². The second-order valence-corrected chi connectivity index (χ2v) is 11.7. The van der Waals surface area contributed by atoms with Crippen molar-refractivity contribution in [2.75, 3.05) is 0 Å². The first-order chi connectivity index (χ1) is 14.6. The summed E-state index contributed by atoms with van der Waals surface area (Å²) in [4.78, 5) is 21.1. The Morgan fingerprint density at radius 3 is 1.43 bits per heavy atom. The van der Waals surface area contributed by atoms with Crippen LogP contribution in [-0.2, 0) is 17.6 Å². The van der Waals surface area contributed by atoms with Crippen LogP contribution in [0.25, 0.3) is 21.1 Å². The van der Waals surface area contributed by atoms with Crippen molar-refractivity contribution < 1.29 is 4.79 Å². The van der Waals surface area contributed by atoms with Gasteiger partial charge in [-0.3, -0.25) is 4.79 Å². The van der Waals surface area contributed by atoms with E-state index in [0.717, 1.165) is 41.6 Å². The van der Waals surface area contributed by atoms with Crippen LogP contribution in [-0.4, -0.2) is 15.8 Å². The number of aryl methyl sites for hydroxylation is 2. The molecular weight excluding hydrogens is 544 g/mol. The molecule has 2 heterocycles. The van der Waals surface area contributed by atoms with E-state index in [1.807, 2.05) is 12.4 Å². The van der Waals surface area contributed by atoms with E-state index < -0.39 is 0 Å². The van der Waals surface area contributed by atoms with Crippen molar-refractivity contribution in [1.82, 2.24) is 9.97 Å². The molecule has 0 N–H and O–H groups in total. The van der Waals surface area contributed by atoms with Crippen LogP contribution in [0.2, 0.25) is 0 Å². The Morgan fingerprint density at radius 1 is 0.700 bits per heavy atom. The predicted molar refractivity (Wildman–Crippen MR) is 132 cm³/mol. The molecule has 0 aliphatic carbocycles. The van der Waals surface area contributed by atoms with Crippen LogP contribution in [0.3, 0.4) is 0 Å². The second-order valence-electron chi connectivity index (χ2n) is 6.87. The molecule has 152 valence electrons. The van der Waals surface area contributed by atoms with Gasteiger partial charge in [-0.1, -0.05) is 48.5 Å². The van der Waals surface area contributed by atoms with E-state index in [9.17, 15) is 4.79 Å². The van der Waals surface area contributed by atoms with E-state index in [1.54, 1.807) is 22.7 Å². The lowest BCUT2D eigenvalue weighted by molar-refractivity contribution is -0.119. The predicted octanol–water partition coefficient (Wildman–Crippen LogP) is 7.59. The van der Waals surface area contributed by atoms with E-state index in [2.05, 4.69) is 90.4 Å². The van der Waals surface area contributed by atoms with Gasteiger partial charge in [0.1, 0.15) is 15.8 Å². The van der Waals surface area contributed by atoms with Crippen molar-refractivity contribution in [3.8, 4) is 21.1 Å². The topological polar surface area (TPSA) is 42.9 Å². The van der Waals surface area contributed by atoms with Gasteiger partial charge < -0.3 is 0 Å². The number of hydrogen-bond acceptors (Lipinski definition) is 5. The molecule has 2 aromatic carbocycles. The maximum absolute atomic E-state index is 12.3. The maximum atomic E-state index is 12.3. The SMILES string of the molecule is O=C(CCc1ccc(-c2ncc(Br)s2)cc1)CCc1ccc(-c2ncc(Br)s2)cc1. The summed E-state index contributed by atoms with van der Waals surface area (Å²) in [5.74, 6) is 0.302. The van der Waals surface area contributed by atoms with E-state index >= 15 is 0 Å². The number of ketones is 1. The second kappa shape index (κ2) is 10.1. The number of hydrogen-bond donors (Lipinski definition) is 0. The van der Waals surface area contributed by atoms with Crippen molar-refractivity contribution >= 4 is 60.3 Å². The molecule has 4 aromatic rings. The summed E-state index contributed by atoms with van der Waals surface area (Å²) in [6.07, 6.45) is 6.34. The molecule has 0 bridgehead atoms. The standard InChI is InChI=1S/C23H18Br2N2OS2/c24-20-13-26-22(29-20)17-7-1-15(2-8-17)5-11-19(28)12-6-16-3-9-18(10-4-16)23-27-14-21(25)30-23/h1-4,7-10,13-14H,5-6,11-12H2. The largest absolute Gasteiger partial charge is 0.300 e. The van der Waals surface area contributed by atoms with Crippen molar-refractivity contribution in [2.45, 2.75) is 25.7 Å². The molecule has 0 atom stereocenters. The highest BCUT2D eigenvalue weighted by Crippen LogP contribution is 2.29. The number of halogens is 2. The molecule has 0 aliphatic rings. The molecule has 0 amide bonds. The monoisotopic (exact) mass is 560 g/mol. The van der Waals surface area contributed by atoms with E-state index in [4.69, 9.17) is 0 Å². The summed E-state index contributed by atoms with van der Waals surface area (Å²) in [7, 11) is 0. The number of thiazole rings is 2. The fraction of sp³-hybridized carbons (Fsp3) is 0.174. The van der Waals surface area contributed by atoms with Crippen LogP contribution in [0.1, 0.15) is 24.0 Å². The molecule has 3 nitrogen and oxygen atoms in total. The first kappa shape index (κ1) is 21.6. The number of aromatic nitrogens is 2. The zero-order chi connectivity index (χ0) is 20.9. The van der Waals surface area contributed by atoms with E-state index in [0.29, 0.717) is 18.6 Å². The Kier molecular flexibility index (Phi) is 7.25. The zero-order valence-electron chi connectivity index (χ0n) is 16.0. The van der Waals surface area contributed by atoms with Crippen LogP contribution in [0.4, 0.5) is 0 Å². The molecule has 4 rings (SSSR count). The first-order valence-corrected chi connectivity index (χ1v) is 12.7. The highest BCUT2D eigenvalue weighted by Gasteiger charge is 2.07. The highest BCUT2D eigenvalue weighted by molar-refractivity contribution is 9.11. The average molecular weight is 562 g/mol. The van der Waals surface area contributed by atoms with Crippen molar-refractivity contribution in [2.24, 2.45) is 0 Å². The fourth-order valence-electron chi connectivity index (χ4n) is 3.10. The molecule has 2 aromatic heterocycles. The maximum Gasteiger partial charge on any atom is 0.133 e. The molecule has 0 unspecified atom stereocenters. The first-order valence-electron chi connectivity index (χ1n) is 9.50. The Hall–Kier alpha value is -1.67. The molecule has 0 radical (unpaired) electrons. The van der Waals surface area contributed by atoms with Gasteiger partial charge >= 0.3 is 0 Å². The van der Waals surface area contributed by atoms with Crippen LogP contribution in [0, 0.1) is 0 Å². The number of carbonyl (C=O) groups excluding carboxylic acids is 1. The number of carbonyl (C=O) groups is 1. The molecule has 7 heteroatoms. The van der Waals surface area contributed by atoms with Gasteiger partial charge in [-0.15, -0.1) is 22.7 Å².